The molecule has 0 bridgehead atoms. The fourth-order valence-electron chi connectivity index (χ4n) is 3.02. The third-order valence-corrected chi connectivity index (χ3v) is 4.29. The van der Waals surface area contributed by atoms with Gasteiger partial charge in [0, 0.05) is 12.3 Å². The molecule has 0 radical (unpaired) electrons. The van der Waals surface area contributed by atoms with Crippen LogP contribution in [0.4, 0.5) is 15.8 Å². The van der Waals surface area contributed by atoms with Gasteiger partial charge in [0.05, 0.1) is 36.4 Å². The van der Waals surface area contributed by atoms with Crippen LogP contribution >= 0.6 is 0 Å². The largest absolute Gasteiger partial charge is 0.494 e. The second-order valence-electron chi connectivity index (χ2n) is 5.84. The zero-order chi connectivity index (χ0) is 17.1. The standard InChI is InChI=1S/C16H19FN4O3/c1-24-16-9-14(15(21(22)23)8-13(16)17)18-10-11-6-7-20(19-11)12-4-2-3-5-12/h6-9,12,18H,2-5,10H2,1H3. The molecule has 1 aromatic carbocycles. The first-order chi connectivity index (χ1) is 11.6. The number of benzene rings is 1. The summed E-state index contributed by atoms with van der Waals surface area (Å²) in [5.74, 6) is -0.806. The van der Waals surface area contributed by atoms with Crippen LogP contribution in [0.15, 0.2) is 24.4 Å². The minimum Gasteiger partial charge on any atom is -0.494 e. The van der Waals surface area contributed by atoms with Gasteiger partial charge in [-0.25, -0.2) is 4.39 Å². The van der Waals surface area contributed by atoms with E-state index in [1.54, 1.807) is 0 Å². The highest BCUT2D eigenvalue weighted by atomic mass is 19.1. The summed E-state index contributed by atoms with van der Waals surface area (Å²) >= 11 is 0. The maximum atomic E-state index is 13.7. The predicted octanol–water partition coefficient (Wildman–Crippen LogP) is 3.67. The summed E-state index contributed by atoms with van der Waals surface area (Å²) in [4.78, 5) is 10.5. The number of hydrogen-bond acceptors (Lipinski definition) is 5. The number of rotatable bonds is 6. The van der Waals surface area contributed by atoms with Crippen molar-refractivity contribution in [3.8, 4) is 5.75 Å². The van der Waals surface area contributed by atoms with Crippen molar-refractivity contribution in [2.45, 2.75) is 38.3 Å². The number of halogens is 1. The van der Waals surface area contributed by atoms with Crippen LogP contribution in [0.25, 0.3) is 0 Å². The molecule has 0 atom stereocenters. The van der Waals surface area contributed by atoms with Gasteiger partial charge in [-0.15, -0.1) is 0 Å². The Hall–Kier alpha value is -2.64. The van der Waals surface area contributed by atoms with Gasteiger partial charge in [-0.2, -0.15) is 5.10 Å². The average molecular weight is 334 g/mol. The number of methoxy groups -OCH3 is 1. The molecule has 1 aliphatic rings. The lowest BCUT2D eigenvalue weighted by Crippen LogP contribution is -2.08. The summed E-state index contributed by atoms with van der Waals surface area (Å²) in [5, 5.41) is 18.6. The third kappa shape index (κ3) is 3.32. The van der Waals surface area contributed by atoms with Crippen LogP contribution < -0.4 is 10.1 Å². The van der Waals surface area contributed by atoms with E-state index in [4.69, 9.17) is 4.74 Å². The fraction of sp³-hybridized carbons (Fsp3) is 0.438. The fourth-order valence-corrected chi connectivity index (χ4v) is 3.02. The van der Waals surface area contributed by atoms with E-state index in [1.807, 2.05) is 16.9 Å². The van der Waals surface area contributed by atoms with Gasteiger partial charge in [0.2, 0.25) is 0 Å². The van der Waals surface area contributed by atoms with Crippen molar-refractivity contribution in [3.05, 3.63) is 46.0 Å². The van der Waals surface area contributed by atoms with E-state index in [1.165, 1.54) is 26.0 Å². The summed E-state index contributed by atoms with van der Waals surface area (Å²) < 4.78 is 20.5. The second-order valence-corrected chi connectivity index (χ2v) is 5.84. The molecule has 24 heavy (non-hydrogen) atoms. The molecule has 8 heteroatoms. The highest BCUT2D eigenvalue weighted by Crippen LogP contribution is 2.32. The van der Waals surface area contributed by atoms with Crippen LogP contribution in [0, 0.1) is 15.9 Å². The van der Waals surface area contributed by atoms with Crippen molar-refractivity contribution < 1.29 is 14.1 Å². The Bertz CT molecular complexity index is 741. The predicted molar refractivity (Wildman–Crippen MR) is 86.7 cm³/mol. The number of anilines is 1. The Morgan fingerprint density at radius 2 is 2.21 bits per heavy atom. The highest BCUT2D eigenvalue weighted by Gasteiger charge is 2.20. The van der Waals surface area contributed by atoms with E-state index >= 15 is 0 Å². The number of ether oxygens (including phenoxy) is 1. The molecule has 3 rings (SSSR count). The van der Waals surface area contributed by atoms with Gasteiger partial charge < -0.3 is 10.1 Å². The molecule has 7 nitrogen and oxygen atoms in total. The summed E-state index contributed by atoms with van der Waals surface area (Å²) in [7, 11) is 1.32. The number of nitrogens with one attached hydrogen (secondary N) is 1. The molecule has 0 aliphatic heterocycles. The quantitative estimate of drug-likeness (QED) is 0.644. The Kier molecular flexibility index (Phi) is 4.64. The number of nitro benzene ring substituents is 1. The topological polar surface area (TPSA) is 82.2 Å². The van der Waals surface area contributed by atoms with Crippen LogP contribution in [0.5, 0.6) is 5.75 Å². The molecular formula is C16H19FN4O3. The lowest BCUT2D eigenvalue weighted by molar-refractivity contribution is -0.384. The lowest BCUT2D eigenvalue weighted by Gasteiger charge is -2.10. The van der Waals surface area contributed by atoms with E-state index in [0.717, 1.165) is 24.6 Å². The van der Waals surface area contributed by atoms with Crippen molar-refractivity contribution in [1.82, 2.24) is 9.78 Å². The lowest BCUT2D eigenvalue weighted by atomic mass is 10.2. The Labute approximate surface area is 138 Å². The molecular weight excluding hydrogens is 315 g/mol. The second kappa shape index (κ2) is 6.86. The van der Waals surface area contributed by atoms with Crippen molar-refractivity contribution >= 4 is 11.4 Å². The molecule has 1 heterocycles. The summed E-state index contributed by atoms with van der Waals surface area (Å²) in [5.41, 5.74) is 0.650. The van der Waals surface area contributed by atoms with Crippen LogP contribution in [-0.2, 0) is 6.54 Å². The zero-order valence-electron chi connectivity index (χ0n) is 13.4. The Morgan fingerprint density at radius 1 is 1.46 bits per heavy atom. The molecule has 0 amide bonds. The third-order valence-electron chi connectivity index (χ3n) is 4.29. The molecule has 1 saturated carbocycles. The number of nitrogens with zero attached hydrogens (tertiary/aromatic N) is 3. The van der Waals surface area contributed by atoms with E-state index in [9.17, 15) is 14.5 Å². The Morgan fingerprint density at radius 3 is 2.88 bits per heavy atom. The molecule has 0 saturated heterocycles. The van der Waals surface area contributed by atoms with E-state index in [2.05, 4.69) is 10.4 Å². The van der Waals surface area contributed by atoms with E-state index < -0.39 is 10.7 Å². The summed E-state index contributed by atoms with van der Waals surface area (Å²) in [6, 6.07) is 4.48. The van der Waals surface area contributed by atoms with Crippen LogP contribution in [0.1, 0.15) is 37.4 Å². The SMILES string of the molecule is COc1cc(NCc2ccn(C3CCCC3)n2)c([N+](=O)[O-])cc1F. The normalized spacial score (nSPS) is 14.8. The van der Waals surface area contributed by atoms with Gasteiger partial charge in [-0.3, -0.25) is 14.8 Å². The van der Waals surface area contributed by atoms with E-state index in [0.29, 0.717) is 12.6 Å². The van der Waals surface area contributed by atoms with Crippen LogP contribution in [-0.4, -0.2) is 21.8 Å². The number of hydrogen-bond donors (Lipinski definition) is 1. The van der Waals surface area contributed by atoms with Gasteiger partial charge >= 0.3 is 0 Å². The van der Waals surface area contributed by atoms with Gasteiger partial charge in [0.25, 0.3) is 5.69 Å². The maximum Gasteiger partial charge on any atom is 0.295 e. The minimum atomic E-state index is -0.764. The first kappa shape index (κ1) is 16.2. The molecule has 1 aliphatic carbocycles. The molecule has 128 valence electrons. The first-order valence-corrected chi connectivity index (χ1v) is 7.88. The highest BCUT2D eigenvalue weighted by molar-refractivity contribution is 5.64. The van der Waals surface area contributed by atoms with Gasteiger partial charge in [0.15, 0.2) is 11.6 Å². The molecule has 0 unspecified atom stereocenters. The van der Waals surface area contributed by atoms with Crippen molar-refractivity contribution in [2.24, 2.45) is 0 Å². The monoisotopic (exact) mass is 334 g/mol. The van der Waals surface area contributed by atoms with Gasteiger partial charge in [-0.05, 0) is 18.9 Å². The minimum absolute atomic E-state index is 0.0421. The number of nitro groups is 1. The molecule has 0 spiro atoms. The summed E-state index contributed by atoms with van der Waals surface area (Å²) in [6.45, 7) is 0.315. The molecule has 1 aromatic heterocycles. The smallest absolute Gasteiger partial charge is 0.295 e. The van der Waals surface area contributed by atoms with Crippen molar-refractivity contribution in [3.63, 3.8) is 0 Å². The van der Waals surface area contributed by atoms with Crippen molar-refractivity contribution in [2.75, 3.05) is 12.4 Å². The molecule has 2 aromatic rings. The first-order valence-electron chi connectivity index (χ1n) is 7.88. The van der Waals surface area contributed by atoms with Crippen molar-refractivity contribution in [1.29, 1.82) is 0 Å². The van der Waals surface area contributed by atoms with Gasteiger partial charge in [0.1, 0.15) is 5.69 Å². The maximum absolute atomic E-state index is 13.7. The zero-order valence-corrected chi connectivity index (χ0v) is 13.4. The molecule has 1 N–H and O–H groups in total. The van der Waals surface area contributed by atoms with E-state index in [-0.39, 0.29) is 17.1 Å². The van der Waals surface area contributed by atoms with Crippen LogP contribution in [0.2, 0.25) is 0 Å². The average Bonchev–Trinajstić information content (AvgIpc) is 3.24. The Balaban J connectivity index is 1.75. The van der Waals surface area contributed by atoms with Gasteiger partial charge in [-0.1, -0.05) is 12.8 Å². The number of aromatic nitrogens is 2. The summed E-state index contributed by atoms with van der Waals surface area (Å²) in [6.07, 6.45) is 6.65. The van der Waals surface area contributed by atoms with Crippen LogP contribution in [0.3, 0.4) is 0 Å². The molecule has 1 fully saturated rings.